The molecule has 0 aromatic rings. The Balaban J connectivity index is 3.17. The summed E-state index contributed by atoms with van der Waals surface area (Å²) in [5.41, 5.74) is -0.492. The van der Waals surface area contributed by atoms with Crippen molar-refractivity contribution in [1.29, 1.82) is 0 Å². The molecule has 1 aliphatic rings. The first-order valence-electron chi connectivity index (χ1n) is 5.75. The molecule has 0 aromatic heterocycles. The second kappa shape index (κ2) is 5.57. The molecule has 0 aromatic carbocycles. The number of thioether (sulfide) groups is 2. The average Bonchev–Trinajstić information content (AvgIpc) is 2.62. The van der Waals surface area contributed by atoms with Crippen LogP contribution >= 0.6 is 23.5 Å². The maximum atomic E-state index is 11.0. The van der Waals surface area contributed by atoms with E-state index in [9.17, 15) is 9.59 Å². The van der Waals surface area contributed by atoms with E-state index in [4.69, 9.17) is 10.2 Å². The van der Waals surface area contributed by atoms with E-state index >= 15 is 0 Å². The number of carboxylic acids is 2. The normalized spacial score (nSPS) is 18.4. The number of hydrogen-bond acceptors (Lipinski definition) is 4. The Hall–Kier alpha value is -0.620. The molecule has 1 saturated heterocycles. The average molecular weight is 290 g/mol. The van der Waals surface area contributed by atoms with Crippen LogP contribution in [0.1, 0.15) is 27.7 Å². The van der Waals surface area contributed by atoms with Crippen molar-refractivity contribution < 1.29 is 19.8 Å². The standard InChI is InChI=1S/C12H18O4S2/c1-6(2)12(7(3)4)5-17-11(18-12)8(9(13)14)10(15)16/h6-7H,5H2,1-4H3,(H,13,14)(H,15,16). The van der Waals surface area contributed by atoms with Gasteiger partial charge in [-0.15, -0.1) is 23.5 Å². The minimum Gasteiger partial charge on any atom is -0.477 e. The summed E-state index contributed by atoms with van der Waals surface area (Å²) < 4.78 is 0.341. The summed E-state index contributed by atoms with van der Waals surface area (Å²) in [7, 11) is 0. The molecule has 0 atom stereocenters. The van der Waals surface area contributed by atoms with Gasteiger partial charge in [0.25, 0.3) is 0 Å². The summed E-state index contributed by atoms with van der Waals surface area (Å²) >= 11 is 2.77. The molecule has 0 unspecified atom stereocenters. The van der Waals surface area contributed by atoms with Crippen molar-refractivity contribution in [3.05, 3.63) is 9.81 Å². The Morgan fingerprint density at radius 2 is 1.56 bits per heavy atom. The monoisotopic (exact) mass is 290 g/mol. The molecule has 2 N–H and O–H groups in total. The minimum absolute atomic E-state index is 0.0872. The number of rotatable bonds is 4. The van der Waals surface area contributed by atoms with Crippen molar-refractivity contribution in [3.8, 4) is 0 Å². The van der Waals surface area contributed by atoms with Crippen LogP contribution in [0.5, 0.6) is 0 Å². The smallest absolute Gasteiger partial charge is 0.344 e. The third kappa shape index (κ3) is 2.69. The summed E-state index contributed by atoms with van der Waals surface area (Å²) in [5.74, 6) is -1.25. The van der Waals surface area contributed by atoms with Crippen LogP contribution in [-0.4, -0.2) is 32.7 Å². The first kappa shape index (κ1) is 15.4. The maximum Gasteiger partial charge on any atom is 0.344 e. The van der Waals surface area contributed by atoms with Gasteiger partial charge in [0.2, 0.25) is 0 Å². The molecule has 0 radical (unpaired) electrons. The molecule has 0 aliphatic carbocycles. The molecule has 1 heterocycles. The predicted molar refractivity (Wildman–Crippen MR) is 74.8 cm³/mol. The zero-order valence-electron chi connectivity index (χ0n) is 10.9. The van der Waals surface area contributed by atoms with Gasteiger partial charge in [-0.2, -0.15) is 0 Å². The van der Waals surface area contributed by atoms with Crippen molar-refractivity contribution in [2.24, 2.45) is 11.8 Å². The van der Waals surface area contributed by atoms with Gasteiger partial charge in [0, 0.05) is 10.5 Å². The molecule has 1 aliphatic heterocycles. The molecule has 0 saturated carbocycles. The molecule has 1 rings (SSSR count). The second-order valence-electron chi connectivity index (χ2n) is 4.93. The number of carboxylic acid groups (broad SMARTS) is 2. The van der Waals surface area contributed by atoms with E-state index in [2.05, 4.69) is 27.7 Å². The van der Waals surface area contributed by atoms with Crippen LogP contribution in [0.2, 0.25) is 0 Å². The van der Waals surface area contributed by atoms with E-state index in [0.717, 1.165) is 5.75 Å². The number of hydrogen-bond donors (Lipinski definition) is 2. The first-order chi connectivity index (χ1) is 8.22. The topological polar surface area (TPSA) is 74.6 Å². The van der Waals surface area contributed by atoms with E-state index in [0.29, 0.717) is 16.1 Å². The van der Waals surface area contributed by atoms with Gasteiger partial charge >= 0.3 is 11.9 Å². The van der Waals surface area contributed by atoms with Crippen molar-refractivity contribution >= 4 is 35.5 Å². The molecule has 18 heavy (non-hydrogen) atoms. The lowest BCUT2D eigenvalue weighted by atomic mass is 9.86. The Morgan fingerprint density at radius 1 is 1.11 bits per heavy atom. The van der Waals surface area contributed by atoms with Crippen LogP contribution in [0.25, 0.3) is 0 Å². The van der Waals surface area contributed by atoms with Crippen LogP contribution in [-0.2, 0) is 9.59 Å². The Bertz CT molecular complexity index is 375. The summed E-state index contributed by atoms with van der Waals surface area (Å²) in [6, 6.07) is 0. The Labute approximate surface area is 115 Å². The zero-order chi connectivity index (χ0) is 14.1. The molecule has 0 amide bonds. The third-order valence-corrected chi connectivity index (χ3v) is 7.03. The lowest BCUT2D eigenvalue weighted by molar-refractivity contribution is -0.140. The fourth-order valence-corrected chi connectivity index (χ4v) is 5.76. The molecular weight excluding hydrogens is 272 g/mol. The lowest BCUT2D eigenvalue weighted by Crippen LogP contribution is -2.37. The van der Waals surface area contributed by atoms with Crippen molar-refractivity contribution in [3.63, 3.8) is 0 Å². The van der Waals surface area contributed by atoms with E-state index in [-0.39, 0.29) is 4.75 Å². The van der Waals surface area contributed by atoms with Crippen LogP contribution in [0, 0.1) is 11.8 Å². The molecule has 0 spiro atoms. The van der Waals surface area contributed by atoms with Crippen LogP contribution in [0.3, 0.4) is 0 Å². The number of aliphatic carboxylic acids is 2. The van der Waals surface area contributed by atoms with Gasteiger partial charge in [-0.3, -0.25) is 0 Å². The van der Waals surface area contributed by atoms with Gasteiger partial charge in [0.1, 0.15) is 0 Å². The highest BCUT2D eigenvalue weighted by atomic mass is 32.2. The highest BCUT2D eigenvalue weighted by Crippen LogP contribution is 2.56. The van der Waals surface area contributed by atoms with Crippen molar-refractivity contribution in [2.75, 3.05) is 5.75 Å². The van der Waals surface area contributed by atoms with E-state index in [1.165, 1.54) is 23.5 Å². The van der Waals surface area contributed by atoms with Gasteiger partial charge in [-0.05, 0) is 11.8 Å². The van der Waals surface area contributed by atoms with Gasteiger partial charge < -0.3 is 10.2 Å². The highest BCUT2D eigenvalue weighted by molar-refractivity contribution is 8.26. The zero-order valence-corrected chi connectivity index (χ0v) is 12.5. The van der Waals surface area contributed by atoms with E-state index in [1.54, 1.807) is 0 Å². The number of carbonyl (C=O) groups is 2. The molecular formula is C12H18O4S2. The predicted octanol–water partition coefficient (Wildman–Crippen LogP) is 2.90. The summed E-state index contributed by atoms with van der Waals surface area (Å²) in [6.45, 7) is 8.38. The van der Waals surface area contributed by atoms with Gasteiger partial charge in [0.15, 0.2) is 5.57 Å². The van der Waals surface area contributed by atoms with Crippen molar-refractivity contribution in [2.45, 2.75) is 32.4 Å². The molecule has 4 nitrogen and oxygen atoms in total. The maximum absolute atomic E-state index is 11.0. The first-order valence-corrected chi connectivity index (χ1v) is 7.55. The van der Waals surface area contributed by atoms with Crippen LogP contribution < -0.4 is 0 Å². The van der Waals surface area contributed by atoms with Gasteiger partial charge in [-0.1, -0.05) is 27.7 Å². The summed E-state index contributed by atoms with van der Waals surface area (Å²) in [5, 5.41) is 18.0. The van der Waals surface area contributed by atoms with Crippen LogP contribution in [0.4, 0.5) is 0 Å². The Morgan fingerprint density at radius 3 is 1.83 bits per heavy atom. The van der Waals surface area contributed by atoms with Crippen LogP contribution in [0.15, 0.2) is 9.81 Å². The quantitative estimate of drug-likeness (QED) is 0.471. The lowest BCUT2D eigenvalue weighted by Gasteiger charge is -2.35. The fourth-order valence-electron chi connectivity index (χ4n) is 2.03. The summed E-state index contributed by atoms with van der Waals surface area (Å²) in [6.07, 6.45) is 0. The van der Waals surface area contributed by atoms with Gasteiger partial charge in [0.05, 0.1) is 4.24 Å². The summed E-state index contributed by atoms with van der Waals surface area (Å²) in [4.78, 5) is 22.0. The fraction of sp³-hybridized carbons (Fsp3) is 0.667. The SMILES string of the molecule is CC(C)C1(C(C)C)CSC(=C(C(=O)O)C(=O)O)S1. The van der Waals surface area contributed by atoms with Gasteiger partial charge in [-0.25, -0.2) is 9.59 Å². The molecule has 6 heteroatoms. The van der Waals surface area contributed by atoms with E-state index < -0.39 is 17.5 Å². The minimum atomic E-state index is -1.36. The molecule has 0 bridgehead atoms. The van der Waals surface area contributed by atoms with E-state index in [1.807, 2.05) is 0 Å². The second-order valence-corrected chi connectivity index (χ2v) is 7.54. The van der Waals surface area contributed by atoms with Crippen molar-refractivity contribution in [1.82, 2.24) is 0 Å². The third-order valence-electron chi connectivity index (χ3n) is 3.30. The highest BCUT2D eigenvalue weighted by Gasteiger charge is 2.45. The largest absolute Gasteiger partial charge is 0.477 e. The molecule has 102 valence electrons. The Kier molecular flexibility index (Phi) is 4.78. The molecule has 1 fully saturated rings.